The van der Waals surface area contributed by atoms with Crippen LogP contribution in [0.25, 0.3) is 0 Å². The third kappa shape index (κ3) is 5.15. The number of methoxy groups -OCH3 is 2. The quantitative estimate of drug-likeness (QED) is 0.703. The van der Waals surface area contributed by atoms with E-state index in [0.717, 1.165) is 0 Å². The molecule has 0 aromatic heterocycles. The van der Waals surface area contributed by atoms with Crippen LogP contribution in [0.2, 0.25) is 10.0 Å². The van der Waals surface area contributed by atoms with Gasteiger partial charge in [-0.15, -0.1) is 0 Å². The van der Waals surface area contributed by atoms with E-state index >= 15 is 0 Å². The number of anilines is 1. The Bertz CT molecular complexity index is 915. The Balaban J connectivity index is 2.25. The van der Waals surface area contributed by atoms with Gasteiger partial charge < -0.3 is 19.5 Å². The fourth-order valence-electron chi connectivity index (χ4n) is 2.23. The fraction of sp³-hybridized carbons (Fsp3) is 0.211. The number of rotatable bonds is 6. The van der Waals surface area contributed by atoms with Crippen molar-refractivity contribution in [3.05, 3.63) is 57.6 Å². The molecule has 0 aliphatic rings. The molecule has 1 N–H and O–H groups in total. The Hall–Kier alpha value is -2.77. The van der Waals surface area contributed by atoms with Gasteiger partial charge in [0.1, 0.15) is 5.75 Å². The molecule has 0 fully saturated rings. The van der Waals surface area contributed by atoms with Crippen LogP contribution in [-0.2, 0) is 14.3 Å². The van der Waals surface area contributed by atoms with Crippen molar-refractivity contribution in [1.29, 1.82) is 0 Å². The van der Waals surface area contributed by atoms with E-state index in [1.165, 1.54) is 51.5 Å². The van der Waals surface area contributed by atoms with Crippen LogP contribution in [0.5, 0.6) is 5.75 Å². The summed E-state index contributed by atoms with van der Waals surface area (Å²) in [5.41, 5.74) is 0.303. The molecule has 0 saturated carbocycles. The lowest BCUT2D eigenvalue weighted by Crippen LogP contribution is -2.31. The number of hydrogen-bond acceptors (Lipinski definition) is 6. The van der Waals surface area contributed by atoms with Crippen molar-refractivity contribution in [2.24, 2.45) is 0 Å². The normalized spacial score (nSPS) is 11.3. The Morgan fingerprint density at radius 2 is 1.64 bits per heavy atom. The van der Waals surface area contributed by atoms with Crippen molar-refractivity contribution in [2.75, 3.05) is 19.5 Å². The monoisotopic (exact) mass is 425 g/mol. The molecule has 148 valence electrons. The van der Waals surface area contributed by atoms with E-state index in [2.05, 4.69) is 10.1 Å². The van der Waals surface area contributed by atoms with Crippen LogP contribution in [0.15, 0.2) is 36.4 Å². The van der Waals surface area contributed by atoms with Gasteiger partial charge in [0.2, 0.25) is 0 Å². The van der Waals surface area contributed by atoms with Gasteiger partial charge in [-0.25, -0.2) is 9.59 Å². The molecule has 2 rings (SSSR count). The lowest BCUT2D eigenvalue weighted by molar-refractivity contribution is -0.122. The van der Waals surface area contributed by atoms with Crippen LogP contribution in [0.4, 0.5) is 5.69 Å². The second-order valence-electron chi connectivity index (χ2n) is 5.57. The minimum Gasteiger partial charge on any atom is -0.479 e. The molecule has 0 saturated heterocycles. The largest absolute Gasteiger partial charge is 0.479 e. The molecule has 0 unspecified atom stereocenters. The second kappa shape index (κ2) is 9.43. The van der Waals surface area contributed by atoms with E-state index in [9.17, 15) is 14.4 Å². The second-order valence-corrected chi connectivity index (χ2v) is 6.41. The molecule has 28 heavy (non-hydrogen) atoms. The van der Waals surface area contributed by atoms with E-state index in [1.807, 2.05) is 0 Å². The van der Waals surface area contributed by atoms with Crippen LogP contribution in [-0.4, -0.2) is 38.2 Å². The highest BCUT2D eigenvalue weighted by molar-refractivity contribution is 6.35. The third-order valence-corrected chi connectivity index (χ3v) is 4.20. The number of nitrogens with one attached hydrogen (secondary N) is 1. The van der Waals surface area contributed by atoms with Crippen molar-refractivity contribution in [1.82, 2.24) is 0 Å². The van der Waals surface area contributed by atoms with Crippen molar-refractivity contribution in [3.8, 4) is 5.75 Å². The highest BCUT2D eigenvalue weighted by Gasteiger charge is 2.21. The average molecular weight is 426 g/mol. The van der Waals surface area contributed by atoms with Crippen LogP contribution < -0.4 is 10.1 Å². The Morgan fingerprint density at radius 3 is 2.25 bits per heavy atom. The first-order chi connectivity index (χ1) is 13.3. The number of benzene rings is 2. The number of esters is 2. The highest BCUT2D eigenvalue weighted by atomic mass is 35.5. The predicted molar refractivity (Wildman–Crippen MR) is 104 cm³/mol. The zero-order chi connectivity index (χ0) is 20.8. The first kappa shape index (κ1) is 21.5. The summed E-state index contributed by atoms with van der Waals surface area (Å²) in [7, 11) is 2.43. The molecule has 0 aliphatic carbocycles. The summed E-state index contributed by atoms with van der Waals surface area (Å²) in [6.45, 7) is 1.50. The fourth-order valence-corrected chi connectivity index (χ4v) is 2.68. The first-order valence-electron chi connectivity index (χ1n) is 8.00. The van der Waals surface area contributed by atoms with E-state index in [0.29, 0.717) is 5.02 Å². The minimum atomic E-state index is -0.967. The van der Waals surface area contributed by atoms with Gasteiger partial charge in [0.25, 0.3) is 5.91 Å². The summed E-state index contributed by atoms with van der Waals surface area (Å²) in [5, 5.41) is 3.23. The Morgan fingerprint density at radius 1 is 0.964 bits per heavy atom. The van der Waals surface area contributed by atoms with Crippen LogP contribution in [0.3, 0.4) is 0 Å². The van der Waals surface area contributed by atoms with E-state index in [1.54, 1.807) is 6.07 Å². The summed E-state index contributed by atoms with van der Waals surface area (Å²) >= 11 is 11.9. The molecule has 7 nitrogen and oxygen atoms in total. The maximum absolute atomic E-state index is 12.5. The Kier molecular flexibility index (Phi) is 7.25. The van der Waals surface area contributed by atoms with Crippen LogP contribution in [0, 0.1) is 0 Å². The maximum Gasteiger partial charge on any atom is 0.339 e. The SMILES string of the molecule is COC(=O)c1ccc(C(=O)OC)c(NC(=O)[C@H](C)Oc2ccc(Cl)cc2Cl)c1. The van der Waals surface area contributed by atoms with Crippen molar-refractivity contribution >= 4 is 46.7 Å². The summed E-state index contributed by atoms with van der Waals surface area (Å²) < 4.78 is 14.9. The van der Waals surface area contributed by atoms with Gasteiger partial charge in [-0.3, -0.25) is 4.79 Å². The summed E-state index contributed by atoms with van der Waals surface area (Å²) in [4.78, 5) is 36.2. The van der Waals surface area contributed by atoms with Crippen molar-refractivity contribution in [3.63, 3.8) is 0 Å². The first-order valence-corrected chi connectivity index (χ1v) is 8.75. The van der Waals surface area contributed by atoms with Crippen LogP contribution >= 0.6 is 23.2 Å². The summed E-state index contributed by atoms with van der Waals surface area (Å²) in [5.74, 6) is -1.60. The van der Waals surface area contributed by atoms with Crippen LogP contribution in [0.1, 0.15) is 27.6 Å². The molecule has 1 atom stereocenters. The number of ether oxygens (including phenoxy) is 3. The van der Waals surface area contributed by atoms with Gasteiger partial charge in [-0.05, 0) is 43.3 Å². The molecule has 0 bridgehead atoms. The predicted octanol–water partition coefficient (Wildman–Crippen LogP) is 3.97. The average Bonchev–Trinajstić information content (AvgIpc) is 2.68. The molecular weight excluding hydrogens is 409 g/mol. The van der Waals surface area contributed by atoms with E-state index < -0.39 is 23.9 Å². The van der Waals surface area contributed by atoms with Gasteiger partial charge in [-0.2, -0.15) is 0 Å². The number of carbonyl (C=O) groups is 3. The molecule has 0 heterocycles. The summed E-state index contributed by atoms with van der Waals surface area (Å²) in [6, 6.07) is 8.65. The number of carbonyl (C=O) groups excluding carboxylic acids is 3. The van der Waals surface area contributed by atoms with E-state index in [-0.39, 0.29) is 27.6 Å². The number of halogens is 2. The molecular formula is C19H17Cl2NO6. The van der Waals surface area contributed by atoms with E-state index in [4.69, 9.17) is 32.7 Å². The number of amides is 1. The minimum absolute atomic E-state index is 0.0697. The topological polar surface area (TPSA) is 90.9 Å². The van der Waals surface area contributed by atoms with Gasteiger partial charge in [0, 0.05) is 5.02 Å². The third-order valence-electron chi connectivity index (χ3n) is 3.67. The van der Waals surface area contributed by atoms with Gasteiger partial charge in [0.15, 0.2) is 6.10 Å². The zero-order valence-corrected chi connectivity index (χ0v) is 16.8. The standard InChI is InChI=1S/C19H17Cl2NO6/c1-10(28-16-7-5-12(20)9-14(16)21)17(23)22-15-8-11(18(24)26-2)4-6-13(15)19(25)27-3/h4-10H,1-3H3,(H,22,23)/t10-/m0/s1. The van der Waals surface area contributed by atoms with Gasteiger partial charge in [0.05, 0.1) is 36.1 Å². The Labute approximate surface area is 171 Å². The van der Waals surface area contributed by atoms with Gasteiger partial charge in [-0.1, -0.05) is 23.2 Å². The van der Waals surface area contributed by atoms with Crippen molar-refractivity contribution in [2.45, 2.75) is 13.0 Å². The maximum atomic E-state index is 12.5. The lowest BCUT2D eigenvalue weighted by Gasteiger charge is -2.17. The zero-order valence-electron chi connectivity index (χ0n) is 15.2. The lowest BCUT2D eigenvalue weighted by atomic mass is 10.1. The summed E-state index contributed by atoms with van der Waals surface area (Å²) in [6.07, 6.45) is -0.967. The van der Waals surface area contributed by atoms with Gasteiger partial charge >= 0.3 is 11.9 Å². The molecule has 2 aromatic rings. The highest BCUT2D eigenvalue weighted by Crippen LogP contribution is 2.28. The molecule has 2 aromatic carbocycles. The molecule has 0 spiro atoms. The number of hydrogen-bond donors (Lipinski definition) is 1. The molecule has 1 amide bonds. The smallest absolute Gasteiger partial charge is 0.339 e. The van der Waals surface area contributed by atoms with Crippen molar-refractivity contribution < 1.29 is 28.6 Å². The molecule has 9 heteroatoms. The molecule has 0 radical (unpaired) electrons. The molecule has 0 aliphatic heterocycles.